The maximum absolute atomic E-state index is 12.7. The predicted molar refractivity (Wildman–Crippen MR) is 126 cm³/mol. The van der Waals surface area contributed by atoms with Gasteiger partial charge in [-0.05, 0) is 36.4 Å². The van der Waals surface area contributed by atoms with E-state index < -0.39 is 11.2 Å². The van der Waals surface area contributed by atoms with Gasteiger partial charge in [0.2, 0.25) is 0 Å². The van der Waals surface area contributed by atoms with Crippen LogP contribution < -0.4 is 20.7 Å². The molecule has 3 aromatic carbocycles. The second-order valence-electron chi connectivity index (χ2n) is 6.74. The SMILES string of the molecule is COc1cccc(C=Nn2c(=O)[nH]c3ccccc3c2=O)c1OCc1ccc(Cl)cc1Cl. The second kappa shape index (κ2) is 9.30. The summed E-state index contributed by atoms with van der Waals surface area (Å²) >= 11 is 12.2. The first-order valence-corrected chi connectivity index (χ1v) is 10.3. The lowest BCUT2D eigenvalue weighted by atomic mass is 10.2. The van der Waals surface area contributed by atoms with Gasteiger partial charge >= 0.3 is 5.69 Å². The van der Waals surface area contributed by atoms with E-state index in [9.17, 15) is 9.59 Å². The van der Waals surface area contributed by atoms with Gasteiger partial charge in [0, 0.05) is 21.2 Å². The smallest absolute Gasteiger partial charge is 0.349 e. The zero-order valence-electron chi connectivity index (χ0n) is 16.8. The van der Waals surface area contributed by atoms with Gasteiger partial charge in [0.15, 0.2) is 11.5 Å². The highest BCUT2D eigenvalue weighted by Gasteiger charge is 2.12. The molecule has 0 aliphatic rings. The van der Waals surface area contributed by atoms with E-state index in [0.29, 0.717) is 38.0 Å². The lowest BCUT2D eigenvalue weighted by Gasteiger charge is -2.14. The third-order valence-electron chi connectivity index (χ3n) is 4.71. The molecular formula is C23H17Cl2N3O4. The minimum Gasteiger partial charge on any atom is -0.493 e. The Kier molecular flexibility index (Phi) is 6.30. The summed E-state index contributed by atoms with van der Waals surface area (Å²) in [4.78, 5) is 27.7. The summed E-state index contributed by atoms with van der Waals surface area (Å²) in [6, 6.07) is 17.0. The van der Waals surface area contributed by atoms with Crippen LogP contribution in [0, 0.1) is 0 Å². The van der Waals surface area contributed by atoms with Crippen molar-refractivity contribution in [2.24, 2.45) is 5.10 Å². The minimum atomic E-state index is -0.650. The van der Waals surface area contributed by atoms with Crippen LogP contribution in [-0.4, -0.2) is 23.0 Å². The minimum absolute atomic E-state index is 0.147. The highest BCUT2D eigenvalue weighted by Crippen LogP contribution is 2.32. The van der Waals surface area contributed by atoms with E-state index in [4.69, 9.17) is 32.7 Å². The largest absolute Gasteiger partial charge is 0.493 e. The predicted octanol–water partition coefficient (Wildman–Crippen LogP) is 4.47. The number of ether oxygens (including phenoxy) is 2. The Morgan fingerprint density at radius 2 is 1.88 bits per heavy atom. The molecule has 0 atom stereocenters. The van der Waals surface area contributed by atoms with E-state index in [-0.39, 0.29) is 6.61 Å². The Bertz CT molecular complexity index is 1440. The van der Waals surface area contributed by atoms with Gasteiger partial charge in [0.05, 0.1) is 24.2 Å². The average Bonchev–Trinajstić information content (AvgIpc) is 2.78. The highest BCUT2D eigenvalue weighted by atomic mass is 35.5. The molecule has 0 fully saturated rings. The van der Waals surface area contributed by atoms with Crippen molar-refractivity contribution >= 4 is 40.3 Å². The standard InChI is InChI=1S/C23H17Cl2N3O4/c1-31-20-8-4-5-14(21(20)32-13-15-9-10-16(24)11-18(15)25)12-26-28-22(29)17-6-2-3-7-19(17)27-23(28)30/h2-12H,13H2,1H3,(H,27,30). The van der Waals surface area contributed by atoms with Gasteiger partial charge in [0.25, 0.3) is 5.56 Å². The summed E-state index contributed by atoms with van der Waals surface area (Å²) < 4.78 is 12.1. The van der Waals surface area contributed by atoms with Crippen molar-refractivity contribution in [2.75, 3.05) is 7.11 Å². The van der Waals surface area contributed by atoms with Crippen molar-refractivity contribution in [3.05, 3.63) is 103 Å². The van der Waals surface area contributed by atoms with Crippen LogP contribution in [0.1, 0.15) is 11.1 Å². The van der Waals surface area contributed by atoms with Gasteiger partial charge in [-0.2, -0.15) is 5.10 Å². The number of nitrogens with one attached hydrogen (secondary N) is 1. The Balaban J connectivity index is 1.70. The number of hydrogen-bond acceptors (Lipinski definition) is 5. The fraction of sp³-hybridized carbons (Fsp3) is 0.0870. The monoisotopic (exact) mass is 469 g/mol. The van der Waals surface area contributed by atoms with E-state index in [1.807, 2.05) is 0 Å². The maximum atomic E-state index is 12.7. The number of methoxy groups -OCH3 is 1. The Morgan fingerprint density at radius 3 is 2.66 bits per heavy atom. The van der Waals surface area contributed by atoms with Crippen LogP contribution in [0.3, 0.4) is 0 Å². The first-order chi connectivity index (χ1) is 15.5. The molecule has 0 unspecified atom stereocenters. The molecule has 7 nitrogen and oxygen atoms in total. The summed E-state index contributed by atoms with van der Waals surface area (Å²) in [5.74, 6) is 0.842. The molecule has 9 heteroatoms. The third kappa shape index (κ3) is 4.39. The van der Waals surface area contributed by atoms with Crippen molar-refractivity contribution in [3.8, 4) is 11.5 Å². The molecule has 162 valence electrons. The molecule has 1 heterocycles. The van der Waals surface area contributed by atoms with Gasteiger partial charge in [-0.3, -0.25) is 4.79 Å². The topological polar surface area (TPSA) is 85.7 Å². The Morgan fingerprint density at radius 1 is 1.06 bits per heavy atom. The van der Waals surface area contributed by atoms with E-state index in [1.54, 1.807) is 60.7 Å². The summed E-state index contributed by atoms with van der Waals surface area (Å²) in [6.45, 7) is 0.147. The summed E-state index contributed by atoms with van der Waals surface area (Å²) in [5.41, 5.74) is 0.502. The summed E-state index contributed by atoms with van der Waals surface area (Å²) in [6.07, 6.45) is 1.37. The van der Waals surface area contributed by atoms with Crippen LogP contribution in [0.15, 0.2) is 75.4 Å². The quantitative estimate of drug-likeness (QED) is 0.422. The molecule has 32 heavy (non-hydrogen) atoms. The van der Waals surface area contributed by atoms with Crippen LogP contribution in [0.25, 0.3) is 10.9 Å². The lowest BCUT2D eigenvalue weighted by Crippen LogP contribution is -2.32. The number of halogens is 2. The molecule has 1 aromatic heterocycles. The fourth-order valence-electron chi connectivity index (χ4n) is 3.12. The number of para-hydroxylation sites is 2. The molecule has 0 bridgehead atoms. The molecule has 0 radical (unpaired) electrons. The zero-order chi connectivity index (χ0) is 22.7. The number of rotatable bonds is 6. The van der Waals surface area contributed by atoms with Gasteiger partial charge in [-0.1, -0.05) is 47.5 Å². The highest BCUT2D eigenvalue weighted by molar-refractivity contribution is 6.35. The normalized spacial score (nSPS) is 11.2. The van der Waals surface area contributed by atoms with Crippen LogP contribution in [0.5, 0.6) is 11.5 Å². The molecule has 4 rings (SSSR count). The molecule has 4 aromatic rings. The molecule has 0 saturated carbocycles. The Labute approximate surface area is 192 Å². The number of hydrogen-bond donors (Lipinski definition) is 1. The molecule has 0 spiro atoms. The maximum Gasteiger partial charge on any atom is 0.349 e. The third-order valence-corrected chi connectivity index (χ3v) is 5.30. The van der Waals surface area contributed by atoms with Crippen LogP contribution in [0.4, 0.5) is 0 Å². The van der Waals surface area contributed by atoms with Crippen molar-refractivity contribution in [2.45, 2.75) is 6.61 Å². The first kappa shape index (κ1) is 21.7. The number of aromatic amines is 1. The average molecular weight is 470 g/mol. The van der Waals surface area contributed by atoms with Crippen LogP contribution >= 0.6 is 23.2 Å². The lowest BCUT2D eigenvalue weighted by molar-refractivity contribution is 0.284. The van der Waals surface area contributed by atoms with Crippen molar-refractivity contribution in [1.82, 2.24) is 9.66 Å². The van der Waals surface area contributed by atoms with Crippen molar-refractivity contribution in [1.29, 1.82) is 0 Å². The van der Waals surface area contributed by atoms with E-state index >= 15 is 0 Å². The van der Waals surface area contributed by atoms with Crippen molar-refractivity contribution < 1.29 is 9.47 Å². The van der Waals surface area contributed by atoms with Gasteiger partial charge in [-0.15, -0.1) is 4.68 Å². The first-order valence-electron chi connectivity index (χ1n) is 9.50. The van der Waals surface area contributed by atoms with Crippen molar-refractivity contribution in [3.63, 3.8) is 0 Å². The molecule has 0 aliphatic carbocycles. The zero-order valence-corrected chi connectivity index (χ0v) is 18.4. The number of H-pyrrole nitrogens is 1. The number of benzene rings is 3. The fourth-order valence-corrected chi connectivity index (χ4v) is 3.58. The van der Waals surface area contributed by atoms with Crippen LogP contribution in [-0.2, 0) is 6.61 Å². The molecule has 1 N–H and O–H groups in total. The number of nitrogens with zero attached hydrogens (tertiary/aromatic N) is 2. The van der Waals surface area contributed by atoms with E-state index in [0.717, 1.165) is 10.2 Å². The number of aromatic nitrogens is 2. The van der Waals surface area contributed by atoms with Gasteiger partial charge in [0.1, 0.15) is 6.61 Å². The molecule has 0 saturated heterocycles. The number of fused-ring (bicyclic) bond motifs is 1. The second-order valence-corrected chi connectivity index (χ2v) is 7.58. The van der Waals surface area contributed by atoms with Crippen LogP contribution in [0.2, 0.25) is 10.0 Å². The van der Waals surface area contributed by atoms with E-state index in [2.05, 4.69) is 10.1 Å². The van der Waals surface area contributed by atoms with Gasteiger partial charge in [-0.25, -0.2) is 4.79 Å². The summed E-state index contributed by atoms with van der Waals surface area (Å²) in [5, 5.41) is 5.45. The van der Waals surface area contributed by atoms with E-state index in [1.165, 1.54) is 13.3 Å². The van der Waals surface area contributed by atoms with Gasteiger partial charge < -0.3 is 14.5 Å². The molecular weight excluding hydrogens is 453 g/mol. The summed E-state index contributed by atoms with van der Waals surface area (Å²) in [7, 11) is 1.51. The molecule has 0 amide bonds. The molecule has 0 aliphatic heterocycles. The Hall–Kier alpha value is -3.55.